The zero-order chi connectivity index (χ0) is 28.0. The largest absolute Gasteiger partial charge is 0.494 e. The number of aliphatic hydroxyl groups excluding tert-OH is 1. The molecule has 2 aliphatic rings. The first-order valence-corrected chi connectivity index (χ1v) is 14.8. The molecule has 1 aliphatic carbocycles. The third-order valence-corrected chi connectivity index (χ3v) is 9.65. The second kappa shape index (κ2) is 10.5. The molecule has 1 aliphatic heterocycles. The maximum Gasteiger partial charge on any atom is 0.494 e. The summed E-state index contributed by atoms with van der Waals surface area (Å²) < 4.78 is 12.6. The van der Waals surface area contributed by atoms with E-state index in [1.807, 2.05) is 0 Å². The highest BCUT2D eigenvalue weighted by atomic mass is 16.7. The van der Waals surface area contributed by atoms with E-state index in [2.05, 4.69) is 103 Å². The average Bonchev–Trinajstić information content (AvgIpc) is 3.12. The third kappa shape index (κ3) is 5.36. The number of rotatable bonds is 7. The van der Waals surface area contributed by atoms with Crippen molar-refractivity contribution in [3.8, 4) is 11.1 Å². The number of benzene rings is 3. The van der Waals surface area contributed by atoms with Crippen LogP contribution in [0.1, 0.15) is 84.8 Å². The summed E-state index contributed by atoms with van der Waals surface area (Å²) in [5, 5.41) is 12.0. The number of hydrogen-bond donors (Lipinski definition) is 1. The minimum absolute atomic E-state index is 0.115. The van der Waals surface area contributed by atoms with Gasteiger partial charge < -0.3 is 14.4 Å². The molecule has 1 N–H and O–H groups in total. The lowest BCUT2D eigenvalue weighted by molar-refractivity contribution is 0.00578. The number of aliphatic hydroxyl groups is 1. The van der Waals surface area contributed by atoms with Gasteiger partial charge in [-0.3, -0.25) is 0 Å². The monoisotopic (exact) mass is 524 g/mol. The molecule has 0 amide bonds. The Morgan fingerprint density at radius 3 is 2.23 bits per heavy atom. The topological polar surface area (TPSA) is 38.7 Å². The van der Waals surface area contributed by atoms with Crippen LogP contribution in [0.4, 0.5) is 0 Å². The Labute approximate surface area is 235 Å². The minimum atomic E-state index is -0.356. The van der Waals surface area contributed by atoms with E-state index in [9.17, 15) is 5.11 Å². The van der Waals surface area contributed by atoms with Crippen LogP contribution in [-0.2, 0) is 21.1 Å². The molecule has 2 atom stereocenters. The van der Waals surface area contributed by atoms with E-state index < -0.39 is 0 Å². The Morgan fingerprint density at radius 1 is 0.923 bits per heavy atom. The van der Waals surface area contributed by atoms with Gasteiger partial charge in [0.1, 0.15) is 0 Å². The van der Waals surface area contributed by atoms with E-state index in [1.54, 1.807) is 0 Å². The summed E-state index contributed by atoms with van der Waals surface area (Å²) in [4.78, 5) is 0. The van der Waals surface area contributed by atoms with Crippen LogP contribution >= 0.6 is 0 Å². The van der Waals surface area contributed by atoms with Crippen LogP contribution in [0.5, 0.6) is 0 Å². The fraction of sp³-hybridized carbons (Fsp3) is 0.486. The van der Waals surface area contributed by atoms with Gasteiger partial charge in [-0.25, -0.2) is 0 Å². The minimum Gasteiger partial charge on any atom is -0.399 e. The van der Waals surface area contributed by atoms with Crippen molar-refractivity contribution in [2.24, 2.45) is 5.92 Å². The van der Waals surface area contributed by atoms with Crippen molar-refractivity contribution in [1.29, 1.82) is 0 Å². The summed E-state index contributed by atoms with van der Waals surface area (Å²) >= 11 is 0. The zero-order valence-corrected chi connectivity index (χ0v) is 24.8. The number of aryl methyl sites for hydroxylation is 1. The zero-order valence-electron chi connectivity index (χ0n) is 24.8. The molecule has 0 spiro atoms. The van der Waals surface area contributed by atoms with Crippen molar-refractivity contribution in [1.82, 2.24) is 0 Å². The maximum absolute atomic E-state index is 9.58. The van der Waals surface area contributed by atoms with E-state index in [1.165, 1.54) is 45.0 Å². The molecule has 1 heterocycles. The van der Waals surface area contributed by atoms with Gasteiger partial charge in [0.25, 0.3) is 0 Å². The molecular weight excluding hydrogens is 479 g/mol. The standard InChI is InChI=1S/C35H45BO3/c1-8-35(22-24(2)18-25(3)23-35)32-21-30(12-11-26(32)10-9-17-37)27-13-14-29-20-31(16-15-28(29)19-27)36-38-33(4,5)34(6,7)39-36/h11-16,19-21,25,37H,2,8-10,17-18,22-23H2,1,3-7H3. The molecule has 1 saturated carbocycles. The summed E-state index contributed by atoms with van der Waals surface area (Å²) in [5.74, 6) is 0.638. The normalized spacial score (nSPS) is 24.4. The third-order valence-electron chi connectivity index (χ3n) is 9.65. The molecule has 3 aromatic rings. The molecular formula is C35H45BO3. The first kappa shape index (κ1) is 28.1. The van der Waals surface area contributed by atoms with Crippen LogP contribution in [0.3, 0.4) is 0 Å². The molecule has 39 heavy (non-hydrogen) atoms. The Balaban J connectivity index is 1.51. The van der Waals surface area contributed by atoms with E-state index >= 15 is 0 Å². The van der Waals surface area contributed by atoms with Crippen LogP contribution in [0, 0.1) is 5.92 Å². The highest BCUT2D eigenvalue weighted by molar-refractivity contribution is 6.62. The predicted molar refractivity (Wildman–Crippen MR) is 165 cm³/mol. The Bertz CT molecular complexity index is 1360. The van der Waals surface area contributed by atoms with Gasteiger partial charge in [-0.15, -0.1) is 0 Å². The van der Waals surface area contributed by atoms with Crippen LogP contribution < -0.4 is 5.46 Å². The van der Waals surface area contributed by atoms with Gasteiger partial charge in [0, 0.05) is 6.61 Å². The summed E-state index contributed by atoms with van der Waals surface area (Å²) in [5.41, 5.74) is 7.17. The SMILES string of the molecule is C=C1CC(C)CC(CC)(c2cc(-c3ccc4cc(B5OC(C)(C)C(C)(C)O5)ccc4c3)ccc2CCCO)C1. The van der Waals surface area contributed by atoms with E-state index in [0.717, 1.165) is 37.6 Å². The summed E-state index contributed by atoms with van der Waals surface area (Å²) in [6, 6.07) is 20.3. The Hall–Kier alpha value is -2.40. The molecule has 1 saturated heterocycles. The summed E-state index contributed by atoms with van der Waals surface area (Å²) in [6.07, 6.45) is 6.19. The lowest BCUT2D eigenvalue weighted by atomic mass is 9.62. The number of fused-ring (bicyclic) bond motifs is 1. The highest BCUT2D eigenvalue weighted by Gasteiger charge is 2.51. The molecule has 2 fully saturated rings. The quantitative estimate of drug-likeness (QED) is 0.254. The molecule has 0 bridgehead atoms. The second-order valence-corrected chi connectivity index (χ2v) is 13.2. The number of allylic oxidation sites excluding steroid dienone is 1. The molecule has 206 valence electrons. The number of hydrogen-bond acceptors (Lipinski definition) is 3. The maximum atomic E-state index is 9.58. The van der Waals surface area contributed by atoms with Gasteiger partial charge >= 0.3 is 7.12 Å². The molecule has 0 aromatic heterocycles. The molecule has 4 heteroatoms. The van der Waals surface area contributed by atoms with E-state index in [0.29, 0.717) is 5.92 Å². The van der Waals surface area contributed by atoms with E-state index in [-0.39, 0.29) is 30.3 Å². The predicted octanol–water partition coefficient (Wildman–Crippen LogP) is 7.75. The molecule has 2 unspecified atom stereocenters. The average molecular weight is 525 g/mol. The van der Waals surface area contributed by atoms with Crippen molar-refractivity contribution >= 4 is 23.4 Å². The van der Waals surface area contributed by atoms with Gasteiger partial charge in [-0.1, -0.05) is 74.5 Å². The molecule has 3 nitrogen and oxygen atoms in total. The van der Waals surface area contributed by atoms with Crippen LogP contribution in [-0.4, -0.2) is 30.0 Å². The van der Waals surface area contributed by atoms with Crippen molar-refractivity contribution in [2.45, 2.75) is 96.7 Å². The van der Waals surface area contributed by atoms with Crippen molar-refractivity contribution in [2.75, 3.05) is 6.61 Å². The lowest BCUT2D eigenvalue weighted by Gasteiger charge is -2.42. The summed E-state index contributed by atoms with van der Waals surface area (Å²) in [6.45, 7) is 17.7. The van der Waals surface area contributed by atoms with Gasteiger partial charge in [0.2, 0.25) is 0 Å². The van der Waals surface area contributed by atoms with Gasteiger partial charge in [-0.05, 0) is 122 Å². The van der Waals surface area contributed by atoms with Crippen LogP contribution in [0.15, 0.2) is 66.7 Å². The fourth-order valence-electron chi connectivity index (χ4n) is 6.83. The van der Waals surface area contributed by atoms with E-state index in [4.69, 9.17) is 9.31 Å². The smallest absolute Gasteiger partial charge is 0.399 e. The summed E-state index contributed by atoms with van der Waals surface area (Å²) in [7, 11) is -0.356. The Kier molecular flexibility index (Phi) is 7.61. The highest BCUT2D eigenvalue weighted by Crippen LogP contribution is 2.48. The fourth-order valence-corrected chi connectivity index (χ4v) is 6.83. The van der Waals surface area contributed by atoms with Crippen molar-refractivity contribution < 1.29 is 14.4 Å². The second-order valence-electron chi connectivity index (χ2n) is 13.2. The first-order chi connectivity index (χ1) is 18.5. The van der Waals surface area contributed by atoms with Crippen molar-refractivity contribution in [3.05, 3.63) is 77.9 Å². The van der Waals surface area contributed by atoms with Crippen molar-refractivity contribution in [3.63, 3.8) is 0 Å². The molecule has 5 rings (SSSR count). The van der Waals surface area contributed by atoms with Gasteiger partial charge in [0.15, 0.2) is 0 Å². The lowest BCUT2D eigenvalue weighted by Crippen LogP contribution is -2.41. The van der Waals surface area contributed by atoms with Gasteiger partial charge in [0.05, 0.1) is 11.2 Å². The Morgan fingerprint density at radius 2 is 1.56 bits per heavy atom. The molecule has 3 aromatic carbocycles. The van der Waals surface area contributed by atoms with Crippen LogP contribution in [0.2, 0.25) is 0 Å². The first-order valence-electron chi connectivity index (χ1n) is 14.8. The van der Waals surface area contributed by atoms with Gasteiger partial charge in [-0.2, -0.15) is 0 Å². The molecule has 0 radical (unpaired) electrons. The van der Waals surface area contributed by atoms with Crippen LogP contribution in [0.25, 0.3) is 21.9 Å².